The molecule has 2 rings (SSSR count). The van der Waals surface area contributed by atoms with Gasteiger partial charge in [-0.15, -0.1) is 0 Å². The Morgan fingerprint density at radius 3 is 2.52 bits per heavy atom. The summed E-state index contributed by atoms with van der Waals surface area (Å²) in [5, 5.41) is 5.90. The summed E-state index contributed by atoms with van der Waals surface area (Å²) in [6.07, 6.45) is -2.19. The van der Waals surface area contributed by atoms with E-state index in [1.807, 2.05) is 5.32 Å². The fourth-order valence-corrected chi connectivity index (χ4v) is 1.80. The topological polar surface area (TPSA) is 59.8 Å². The minimum Gasteiger partial charge on any atom is -0.339 e. The number of amides is 1. The molecule has 1 aromatic heterocycles. The molecule has 1 N–H and O–H groups in total. The summed E-state index contributed by atoms with van der Waals surface area (Å²) in [6, 6.07) is 3.00. The third-order valence-electron chi connectivity index (χ3n) is 2.61. The van der Waals surface area contributed by atoms with Gasteiger partial charge in [0, 0.05) is 5.02 Å². The van der Waals surface area contributed by atoms with Crippen molar-refractivity contribution >= 4 is 17.5 Å². The van der Waals surface area contributed by atoms with Crippen molar-refractivity contribution in [2.45, 2.75) is 18.8 Å². The van der Waals surface area contributed by atoms with E-state index in [1.165, 1.54) is 36.9 Å². The van der Waals surface area contributed by atoms with Crippen molar-refractivity contribution in [3.8, 4) is 0 Å². The first-order valence-corrected chi connectivity index (χ1v) is 6.18. The highest BCUT2D eigenvalue weighted by Crippen LogP contribution is 2.33. The Kier molecular flexibility index (Phi) is 4.46. The first-order chi connectivity index (χ1) is 9.86. The molecule has 112 valence electrons. The van der Waals surface area contributed by atoms with Gasteiger partial charge in [0.1, 0.15) is 19.2 Å². The van der Waals surface area contributed by atoms with Crippen molar-refractivity contribution in [2.24, 2.45) is 0 Å². The lowest BCUT2D eigenvalue weighted by Crippen LogP contribution is -2.39. The highest BCUT2D eigenvalue weighted by atomic mass is 35.5. The molecule has 0 bridgehead atoms. The Hall–Kier alpha value is -2.09. The standard InChI is InChI=1S/C12H10ClF3N4O/c13-9-3-1-8(2-4-9)11(12(14,15)16)19-10(21)5-20-7-17-6-18-20/h1-4,6-7,11H,5H2,(H,19,21). The number of carbonyl (C=O) groups is 1. The summed E-state index contributed by atoms with van der Waals surface area (Å²) in [5.41, 5.74) is -0.0983. The lowest BCUT2D eigenvalue weighted by atomic mass is 10.1. The number of nitrogens with one attached hydrogen (secondary N) is 1. The second-order valence-corrected chi connectivity index (χ2v) is 4.62. The van der Waals surface area contributed by atoms with Gasteiger partial charge in [-0.3, -0.25) is 4.79 Å². The van der Waals surface area contributed by atoms with Crippen LogP contribution in [0.4, 0.5) is 13.2 Å². The first kappa shape index (κ1) is 15.3. The van der Waals surface area contributed by atoms with Crippen LogP contribution in [0.1, 0.15) is 11.6 Å². The van der Waals surface area contributed by atoms with Crippen molar-refractivity contribution in [2.75, 3.05) is 0 Å². The van der Waals surface area contributed by atoms with Gasteiger partial charge in [0.05, 0.1) is 0 Å². The number of hydrogen-bond donors (Lipinski definition) is 1. The number of alkyl halides is 3. The molecule has 1 unspecified atom stereocenters. The van der Waals surface area contributed by atoms with Crippen LogP contribution in [0.3, 0.4) is 0 Å². The van der Waals surface area contributed by atoms with Crippen molar-refractivity contribution in [3.05, 3.63) is 47.5 Å². The van der Waals surface area contributed by atoms with Crippen LogP contribution >= 0.6 is 11.6 Å². The van der Waals surface area contributed by atoms with Gasteiger partial charge in [-0.05, 0) is 17.7 Å². The third kappa shape index (κ3) is 4.19. The summed E-state index contributed by atoms with van der Waals surface area (Å²) >= 11 is 5.64. The van der Waals surface area contributed by atoms with E-state index in [1.54, 1.807) is 0 Å². The van der Waals surface area contributed by atoms with E-state index in [0.717, 1.165) is 4.68 Å². The number of hydrogen-bond acceptors (Lipinski definition) is 3. The second-order valence-electron chi connectivity index (χ2n) is 4.19. The van der Waals surface area contributed by atoms with Crippen LogP contribution in [0, 0.1) is 0 Å². The molecule has 0 aliphatic carbocycles. The molecule has 2 aromatic rings. The van der Waals surface area contributed by atoms with Gasteiger partial charge in [-0.1, -0.05) is 23.7 Å². The zero-order valence-corrected chi connectivity index (χ0v) is 11.3. The largest absolute Gasteiger partial charge is 0.412 e. The Balaban J connectivity index is 2.13. The Labute approximate surface area is 122 Å². The van der Waals surface area contributed by atoms with Crippen molar-refractivity contribution < 1.29 is 18.0 Å². The number of carbonyl (C=O) groups excluding carboxylic acids is 1. The smallest absolute Gasteiger partial charge is 0.339 e. The van der Waals surface area contributed by atoms with E-state index in [9.17, 15) is 18.0 Å². The summed E-state index contributed by atoms with van der Waals surface area (Å²) in [4.78, 5) is 15.3. The fraction of sp³-hybridized carbons (Fsp3) is 0.250. The molecule has 5 nitrogen and oxygen atoms in total. The summed E-state index contributed by atoms with van der Waals surface area (Å²) in [6.45, 7) is -0.347. The first-order valence-electron chi connectivity index (χ1n) is 5.80. The minimum absolute atomic E-state index is 0.0983. The molecule has 1 atom stereocenters. The summed E-state index contributed by atoms with van der Waals surface area (Å²) < 4.78 is 40.3. The van der Waals surface area contributed by atoms with Crippen molar-refractivity contribution in [1.82, 2.24) is 20.1 Å². The van der Waals surface area contributed by atoms with Gasteiger partial charge in [-0.2, -0.15) is 18.3 Å². The monoisotopic (exact) mass is 318 g/mol. The number of benzene rings is 1. The Morgan fingerprint density at radius 2 is 2.00 bits per heavy atom. The zero-order chi connectivity index (χ0) is 15.5. The predicted molar refractivity (Wildman–Crippen MR) is 68.4 cm³/mol. The van der Waals surface area contributed by atoms with Crippen LogP contribution in [0.15, 0.2) is 36.9 Å². The van der Waals surface area contributed by atoms with Crippen LogP contribution in [0.5, 0.6) is 0 Å². The zero-order valence-electron chi connectivity index (χ0n) is 10.5. The number of halogens is 4. The molecule has 0 saturated carbocycles. The maximum absolute atomic E-state index is 13.1. The van der Waals surface area contributed by atoms with Gasteiger partial charge in [0.2, 0.25) is 5.91 Å². The van der Waals surface area contributed by atoms with Crippen LogP contribution in [0.2, 0.25) is 5.02 Å². The maximum Gasteiger partial charge on any atom is 0.412 e. The van der Waals surface area contributed by atoms with Gasteiger partial charge in [-0.25, -0.2) is 9.67 Å². The Morgan fingerprint density at radius 1 is 1.33 bits per heavy atom. The number of nitrogens with zero attached hydrogens (tertiary/aromatic N) is 3. The molecule has 0 spiro atoms. The van der Waals surface area contributed by atoms with Gasteiger partial charge in [0.15, 0.2) is 6.04 Å². The Bertz CT molecular complexity index is 598. The van der Waals surface area contributed by atoms with Crippen LogP contribution in [-0.4, -0.2) is 26.8 Å². The van der Waals surface area contributed by atoms with Crippen molar-refractivity contribution in [1.29, 1.82) is 0 Å². The molecule has 0 aliphatic rings. The highest BCUT2D eigenvalue weighted by Gasteiger charge is 2.41. The average molecular weight is 319 g/mol. The molecule has 21 heavy (non-hydrogen) atoms. The van der Waals surface area contributed by atoms with E-state index >= 15 is 0 Å². The summed E-state index contributed by atoms with van der Waals surface area (Å²) in [7, 11) is 0. The SMILES string of the molecule is O=C(Cn1cncn1)NC(c1ccc(Cl)cc1)C(F)(F)F. The average Bonchev–Trinajstić information content (AvgIpc) is 2.89. The molecule has 1 aromatic carbocycles. The number of rotatable bonds is 4. The van der Waals surface area contributed by atoms with E-state index < -0.39 is 18.1 Å². The molecule has 1 heterocycles. The lowest BCUT2D eigenvalue weighted by molar-refractivity contribution is -0.163. The summed E-state index contributed by atoms with van der Waals surface area (Å²) in [5.74, 6) is -0.822. The van der Waals surface area contributed by atoms with E-state index in [-0.39, 0.29) is 12.1 Å². The van der Waals surface area contributed by atoms with E-state index in [2.05, 4.69) is 10.1 Å². The second kappa shape index (κ2) is 6.13. The molecule has 0 radical (unpaired) electrons. The predicted octanol–water partition coefficient (Wildman–Crippen LogP) is 2.35. The molecule has 0 fully saturated rings. The van der Waals surface area contributed by atoms with Crippen LogP contribution in [0.25, 0.3) is 0 Å². The van der Waals surface area contributed by atoms with E-state index in [4.69, 9.17) is 11.6 Å². The minimum atomic E-state index is -4.62. The van der Waals surface area contributed by atoms with Crippen LogP contribution < -0.4 is 5.32 Å². The quantitative estimate of drug-likeness (QED) is 0.941. The van der Waals surface area contributed by atoms with Gasteiger partial charge in [0.25, 0.3) is 0 Å². The maximum atomic E-state index is 13.1. The third-order valence-corrected chi connectivity index (χ3v) is 2.86. The molecular weight excluding hydrogens is 309 g/mol. The molecule has 0 saturated heterocycles. The normalized spacial score (nSPS) is 13.0. The molecule has 1 amide bonds. The fourth-order valence-electron chi connectivity index (χ4n) is 1.68. The van der Waals surface area contributed by atoms with E-state index in [0.29, 0.717) is 5.02 Å². The van der Waals surface area contributed by atoms with Gasteiger partial charge < -0.3 is 5.32 Å². The lowest BCUT2D eigenvalue weighted by Gasteiger charge is -2.22. The molecule has 0 aliphatic heterocycles. The number of aromatic nitrogens is 3. The van der Waals surface area contributed by atoms with Crippen LogP contribution in [-0.2, 0) is 11.3 Å². The van der Waals surface area contributed by atoms with Gasteiger partial charge >= 0.3 is 6.18 Å². The molecular formula is C12H10ClF3N4O. The molecule has 9 heteroatoms. The van der Waals surface area contributed by atoms with Crippen molar-refractivity contribution in [3.63, 3.8) is 0 Å². The highest BCUT2D eigenvalue weighted by molar-refractivity contribution is 6.30.